The van der Waals surface area contributed by atoms with E-state index in [2.05, 4.69) is 116 Å². The lowest BCUT2D eigenvalue weighted by Gasteiger charge is -2.29. The van der Waals surface area contributed by atoms with E-state index in [9.17, 15) is 0 Å². The molecule has 146 valence electrons. The second kappa shape index (κ2) is 6.02. The summed E-state index contributed by atoms with van der Waals surface area (Å²) < 4.78 is 2.91. The van der Waals surface area contributed by atoms with Gasteiger partial charge in [-0.2, -0.15) is 0 Å². The molecule has 1 spiro atoms. The fourth-order valence-electron chi connectivity index (χ4n) is 5.64. The molecule has 0 bridgehead atoms. The van der Waals surface area contributed by atoms with Gasteiger partial charge in [0.05, 0.1) is 11.1 Å². The lowest BCUT2D eigenvalue weighted by molar-refractivity contribution is 0.795. The number of nitrogens with zero attached hydrogens (tertiary/aromatic N) is 3. The summed E-state index contributed by atoms with van der Waals surface area (Å²) in [4.78, 5) is 9.04. The lowest BCUT2D eigenvalue weighted by atomic mass is 9.71. The van der Waals surface area contributed by atoms with E-state index >= 15 is 0 Å². The smallest absolute Gasteiger partial charge is 0.170 e. The summed E-state index contributed by atoms with van der Waals surface area (Å²) in [7, 11) is 0. The van der Waals surface area contributed by atoms with E-state index in [4.69, 9.17) is 0 Å². The van der Waals surface area contributed by atoms with E-state index in [0.717, 1.165) is 10.4 Å². The molecule has 4 heteroatoms. The molecule has 0 atom stereocenters. The Bertz CT molecular complexity index is 1470. The average molecular weight is 462 g/mol. The molecule has 0 N–H and O–H groups in total. The summed E-state index contributed by atoms with van der Waals surface area (Å²) in [6.45, 7) is 0. The summed E-state index contributed by atoms with van der Waals surface area (Å²) in [5.74, 6) is 0.801. The first-order valence-electron chi connectivity index (χ1n) is 10.3. The van der Waals surface area contributed by atoms with Crippen LogP contribution in [0.15, 0.2) is 102 Å². The van der Waals surface area contributed by atoms with Crippen LogP contribution >= 0.6 is 15.9 Å². The minimum atomic E-state index is -0.320. The second-order valence-electron chi connectivity index (χ2n) is 8.01. The van der Waals surface area contributed by atoms with Crippen LogP contribution in [0.2, 0.25) is 0 Å². The van der Waals surface area contributed by atoms with Gasteiger partial charge in [0.15, 0.2) is 5.82 Å². The molecule has 0 aliphatic heterocycles. The van der Waals surface area contributed by atoms with Gasteiger partial charge in [-0.25, -0.2) is 9.97 Å². The van der Waals surface area contributed by atoms with Gasteiger partial charge in [0, 0.05) is 24.2 Å². The topological polar surface area (TPSA) is 30.7 Å². The molecule has 3 nitrogen and oxygen atoms in total. The highest BCUT2D eigenvalue weighted by Gasteiger charge is 2.52. The first-order chi connectivity index (χ1) is 15.3. The van der Waals surface area contributed by atoms with Gasteiger partial charge in [-0.15, -0.1) is 0 Å². The lowest BCUT2D eigenvalue weighted by Crippen LogP contribution is -2.25. The summed E-state index contributed by atoms with van der Waals surface area (Å²) in [5.41, 5.74) is 10.0. The zero-order chi connectivity index (χ0) is 20.6. The summed E-state index contributed by atoms with van der Waals surface area (Å²) in [5, 5.41) is 0. The maximum absolute atomic E-state index is 4.63. The highest BCUT2D eigenvalue weighted by atomic mass is 79.9. The second-order valence-corrected chi connectivity index (χ2v) is 8.76. The third-order valence-electron chi connectivity index (χ3n) is 6.69. The quantitative estimate of drug-likeness (QED) is 0.284. The van der Waals surface area contributed by atoms with E-state index in [0.29, 0.717) is 0 Å². The van der Waals surface area contributed by atoms with Crippen molar-refractivity contribution in [3.63, 3.8) is 0 Å². The number of hydrogen-bond acceptors (Lipinski definition) is 2. The Labute approximate surface area is 188 Å². The Morgan fingerprint density at radius 1 is 0.613 bits per heavy atom. The van der Waals surface area contributed by atoms with Crippen molar-refractivity contribution < 1.29 is 0 Å². The minimum Gasteiger partial charge on any atom is -0.299 e. The fourth-order valence-corrected chi connectivity index (χ4v) is 6.05. The molecule has 0 fully saturated rings. The average Bonchev–Trinajstić information content (AvgIpc) is 3.46. The number of aromatic nitrogens is 3. The van der Waals surface area contributed by atoms with Crippen molar-refractivity contribution in [2.45, 2.75) is 5.41 Å². The molecule has 2 aliphatic carbocycles. The third kappa shape index (κ3) is 1.99. The monoisotopic (exact) mass is 461 g/mol. The number of halogens is 1. The van der Waals surface area contributed by atoms with Crippen molar-refractivity contribution in [3.8, 4) is 28.2 Å². The Morgan fingerprint density at radius 3 is 1.81 bits per heavy atom. The molecule has 2 aromatic heterocycles. The van der Waals surface area contributed by atoms with Crippen LogP contribution in [0, 0.1) is 0 Å². The SMILES string of the molecule is Brc1nccnc1-n1ccc2c1-c1ccccc1C21c2ccccc2-c2ccccc21. The molecule has 7 rings (SSSR count). The third-order valence-corrected chi connectivity index (χ3v) is 7.25. The van der Waals surface area contributed by atoms with Crippen LogP contribution in [0.3, 0.4) is 0 Å². The molecule has 0 radical (unpaired) electrons. The molecule has 2 heterocycles. The first-order valence-corrected chi connectivity index (χ1v) is 11.1. The molecule has 3 aromatic carbocycles. The number of hydrogen-bond donors (Lipinski definition) is 0. The van der Waals surface area contributed by atoms with Crippen molar-refractivity contribution in [3.05, 3.63) is 124 Å². The van der Waals surface area contributed by atoms with Gasteiger partial charge < -0.3 is 0 Å². The van der Waals surface area contributed by atoms with Crippen LogP contribution in [-0.4, -0.2) is 14.5 Å². The highest BCUT2D eigenvalue weighted by Crippen LogP contribution is 2.63. The van der Waals surface area contributed by atoms with Crippen LogP contribution in [-0.2, 0) is 5.41 Å². The number of benzene rings is 3. The largest absolute Gasteiger partial charge is 0.299 e. The summed E-state index contributed by atoms with van der Waals surface area (Å²) in [6, 6.07) is 28.7. The van der Waals surface area contributed by atoms with Crippen LogP contribution in [0.5, 0.6) is 0 Å². The van der Waals surface area contributed by atoms with Gasteiger partial charge >= 0.3 is 0 Å². The van der Waals surface area contributed by atoms with E-state index < -0.39 is 0 Å². The predicted molar refractivity (Wildman–Crippen MR) is 125 cm³/mol. The van der Waals surface area contributed by atoms with Gasteiger partial charge in [0.1, 0.15) is 4.60 Å². The van der Waals surface area contributed by atoms with E-state index in [1.807, 2.05) is 0 Å². The number of rotatable bonds is 1. The van der Waals surface area contributed by atoms with Crippen molar-refractivity contribution >= 4 is 15.9 Å². The van der Waals surface area contributed by atoms with E-state index in [1.165, 1.54) is 44.6 Å². The van der Waals surface area contributed by atoms with Gasteiger partial charge in [0.25, 0.3) is 0 Å². The van der Waals surface area contributed by atoms with Gasteiger partial charge in [-0.05, 0) is 55.4 Å². The molecule has 5 aromatic rings. The molecular formula is C27H16BrN3. The zero-order valence-electron chi connectivity index (χ0n) is 16.5. The minimum absolute atomic E-state index is 0.320. The molecule has 31 heavy (non-hydrogen) atoms. The molecule has 0 saturated heterocycles. The molecule has 0 saturated carbocycles. The Hall–Kier alpha value is -3.50. The predicted octanol–water partition coefficient (Wildman–Crippen LogP) is 6.37. The van der Waals surface area contributed by atoms with Crippen molar-refractivity contribution in [1.82, 2.24) is 14.5 Å². The standard InChI is InChI=1S/C27H16BrN3/c28-25-26(30-15-14-29-25)31-16-13-23-24(31)19-9-3-6-12-22(19)27(23)20-10-4-1-7-17(20)18-8-2-5-11-21(18)27/h1-16H. The number of fused-ring (bicyclic) bond motifs is 10. The van der Waals surface area contributed by atoms with Crippen molar-refractivity contribution in [2.75, 3.05) is 0 Å². The Balaban J connectivity index is 1.66. The highest BCUT2D eigenvalue weighted by molar-refractivity contribution is 9.10. The molecule has 2 aliphatic rings. The molecular weight excluding hydrogens is 446 g/mol. The van der Waals surface area contributed by atoms with Crippen molar-refractivity contribution in [1.29, 1.82) is 0 Å². The van der Waals surface area contributed by atoms with Crippen LogP contribution in [0.4, 0.5) is 0 Å². The van der Waals surface area contributed by atoms with Gasteiger partial charge in [-0.1, -0.05) is 72.8 Å². The van der Waals surface area contributed by atoms with Crippen LogP contribution in [0.25, 0.3) is 28.2 Å². The zero-order valence-corrected chi connectivity index (χ0v) is 18.0. The van der Waals surface area contributed by atoms with E-state index in [-0.39, 0.29) is 5.41 Å². The fraction of sp³-hybridized carbons (Fsp3) is 0.0370. The van der Waals surface area contributed by atoms with E-state index in [1.54, 1.807) is 12.4 Å². The normalized spacial score (nSPS) is 14.2. The Morgan fingerprint density at radius 2 is 1.16 bits per heavy atom. The molecule has 0 unspecified atom stereocenters. The molecule has 0 amide bonds. The van der Waals surface area contributed by atoms with Crippen molar-refractivity contribution in [2.24, 2.45) is 0 Å². The van der Waals surface area contributed by atoms with Crippen LogP contribution in [0.1, 0.15) is 22.3 Å². The van der Waals surface area contributed by atoms with Gasteiger partial charge in [0.2, 0.25) is 0 Å². The van der Waals surface area contributed by atoms with Crippen LogP contribution < -0.4 is 0 Å². The summed E-state index contributed by atoms with van der Waals surface area (Å²) >= 11 is 3.60. The summed E-state index contributed by atoms with van der Waals surface area (Å²) in [6.07, 6.45) is 5.57. The first kappa shape index (κ1) is 17.2. The van der Waals surface area contributed by atoms with Gasteiger partial charge in [-0.3, -0.25) is 4.57 Å². The maximum atomic E-state index is 4.63. The maximum Gasteiger partial charge on any atom is 0.170 e. The Kier molecular flexibility index (Phi) is 3.34.